The quantitative estimate of drug-likeness (QED) is 0.708. The fourth-order valence-corrected chi connectivity index (χ4v) is 2.31. The molecule has 1 saturated heterocycles. The highest BCUT2D eigenvalue weighted by Crippen LogP contribution is 2.30. The molecule has 0 radical (unpaired) electrons. The molecule has 1 heterocycles. The van der Waals surface area contributed by atoms with Gasteiger partial charge in [-0.15, -0.1) is 0 Å². The lowest BCUT2D eigenvalue weighted by molar-refractivity contribution is 0.167. The average Bonchev–Trinajstić information content (AvgIpc) is 2.99. The van der Waals surface area contributed by atoms with Gasteiger partial charge in [-0.1, -0.05) is 6.92 Å². The van der Waals surface area contributed by atoms with Gasteiger partial charge in [0, 0.05) is 19.1 Å². The molecule has 0 aromatic carbocycles. The number of rotatable bonds is 4. The van der Waals surface area contributed by atoms with Crippen molar-refractivity contribution in [3.8, 4) is 0 Å². The van der Waals surface area contributed by atoms with Gasteiger partial charge in [0.15, 0.2) is 0 Å². The molecule has 13 heavy (non-hydrogen) atoms. The first-order chi connectivity index (χ1) is 6.40. The predicted molar refractivity (Wildman–Crippen MR) is 55.9 cm³/mol. The van der Waals surface area contributed by atoms with E-state index in [0.29, 0.717) is 0 Å². The van der Waals surface area contributed by atoms with Crippen molar-refractivity contribution in [1.29, 1.82) is 0 Å². The molecule has 2 aliphatic rings. The predicted octanol–water partition coefficient (Wildman–Crippen LogP) is 1.47. The van der Waals surface area contributed by atoms with Crippen molar-refractivity contribution >= 4 is 0 Å². The molecular weight excluding hydrogens is 160 g/mol. The van der Waals surface area contributed by atoms with Crippen LogP contribution in [0.2, 0.25) is 0 Å². The first-order valence-electron chi connectivity index (χ1n) is 5.85. The Morgan fingerprint density at radius 1 is 1.31 bits per heavy atom. The van der Waals surface area contributed by atoms with Crippen LogP contribution in [-0.2, 0) is 0 Å². The summed E-state index contributed by atoms with van der Waals surface area (Å²) in [6.07, 6.45) is 5.74. The van der Waals surface area contributed by atoms with Crippen LogP contribution in [0.4, 0.5) is 0 Å². The number of piperidine rings is 1. The van der Waals surface area contributed by atoms with Crippen LogP contribution in [0.25, 0.3) is 0 Å². The van der Waals surface area contributed by atoms with Crippen LogP contribution in [0.1, 0.15) is 32.6 Å². The highest BCUT2D eigenvalue weighted by Gasteiger charge is 2.27. The smallest absolute Gasteiger partial charge is 0.0221 e. The lowest BCUT2D eigenvalue weighted by atomic mass is 10.1. The van der Waals surface area contributed by atoms with Gasteiger partial charge in [-0.25, -0.2) is 0 Å². The standard InChI is InChI=1S/C11H22N2/c1-2-13(9-10-5-6-10)11-4-3-7-12-8-11/h10-12H,2-9H2,1H3. The van der Waals surface area contributed by atoms with E-state index in [1.807, 2.05) is 0 Å². The average molecular weight is 182 g/mol. The van der Waals surface area contributed by atoms with Gasteiger partial charge in [-0.05, 0) is 44.7 Å². The highest BCUT2D eigenvalue weighted by molar-refractivity contribution is 4.83. The van der Waals surface area contributed by atoms with E-state index in [9.17, 15) is 0 Å². The number of nitrogens with one attached hydrogen (secondary N) is 1. The summed E-state index contributed by atoms with van der Waals surface area (Å²) in [4.78, 5) is 2.68. The Kier molecular flexibility index (Phi) is 3.23. The molecule has 2 rings (SSSR count). The molecule has 1 saturated carbocycles. The molecule has 1 N–H and O–H groups in total. The lowest BCUT2D eigenvalue weighted by Crippen LogP contribution is -2.46. The summed E-state index contributed by atoms with van der Waals surface area (Å²) in [6, 6.07) is 0.833. The number of likely N-dealkylation sites (N-methyl/N-ethyl adjacent to an activating group) is 1. The molecule has 0 spiro atoms. The minimum atomic E-state index is 0.833. The van der Waals surface area contributed by atoms with E-state index in [2.05, 4.69) is 17.1 Å². The van der Waals surface area contributed by atoms with Gasteiger partial charge in [-0.2, -0.15) is 0 Å². The van der Waals surface area contributed by atoms with Crippen molar-refractivity contribution in [2.45, 2.75) is 38.6 Å². The molecule has 0 amide bonds. The van der Waals surface area contributed by atoms with Crippen LogP contribution in [0.15, 0.2) is 0 Å². The molecule has 2 fully saturated rings. The largest absolute Gasteiger partial charge is 0.315 e. The Bertz CT molecular complexity index is 148. The second-order valence-corrected chi connectivity index (χ2v) is 4.53. The first kappa shape index (κ1) is 9.47. The van der Waals surface area contributed by atoms with Crippen molar-refractivity contribution in [1.82, 2.24) is 10.2 Å². The van der Waals surface area contributed by atoms with E-state index in [0.717, 1.165) is 12.0 Å². The second kappa shape index (κ2) is 4.43. The minimum Gasteiger partial charge on any atom is -0.315 e. The summed E-state index contributed by atoms with van der Waals surface area (Å²) in [5.74, 6) is 1.04. The van der Waals surface area contributed by atoms with E-state index in [4.69, 9.17) is 0 Å². The van der Waals surface area contributed by atoms with Crippen LogP contribution >= 0.6 is 0 Å². The normalized spacial score (nSPS) is 29.5. The molecular formula is C11H22N2. The van der Waals surface area contributed by atoms with Crippen LogP contribution in [0.5, 0.6) is 0 Å². The van der Waals surface area contributed by atoms with Crippen LogP contribution < -0.4 is 5.32 Å². The first-order valence-corrected chi connectivity index (χ1v) is 5.85. The van der Waals surface area contributed by atoms with E-state index in [1.54, 1.807) is 0 Å². The summed E-state index contributed by atoms with van der Waals surface area (Å²) in [7, 11) is 0. The van der Waals surface area contributed by atoms with Crippen LogP contribution in [0.3, 0.4) is 0 Å². The van der Waals surface area contributed by atoms with Gasteiger partial charge in [0.25, 0.3) is 0 Å². The van der Waals surface area contributed by atoms with Gasteiger partial charge >= 0.3 is 0 Å². The monoisotopic (exact) mass is 182 g/mol. The van der Waals surface area contributed by atoms with Crippen molar-refractivity contribution in [2.24, 2.45) is 5.92 Å². The third-order valence-electron chi connectivity index (χ3n) is 3.38. The molecule has 0 aromatic rings. The number of nitrogens with zero attached hydrogens (tertiary/aromatic N) is 1. The molecule has 2 nitrogen and oxygen atoms in total. The van der Waals surface area contributed by atoms with Gasteiger partial charge in [-0.3, -0.25) is 4.90 Å². The minimum absolute atomic E-state index is 0.833. The Hall–Kier alpha value is -0.0800. The zero-order valence-corrected chi connectivity index (χ0v) is 8.76. The molecule has 1 unspecified atom stereocenters. The van der Waals surface area contributed by atoms with Gasteiger partial charge in [0.2, 0.25) is 0 Å². The highest BCUT2D eigenvalue weighted by atomic mass is 15.2. The zero-order chi connectivity index (χ0) is 9.10. The molecule has 0 aromatic heterocycles. The molecule has 1 aliphatic carbocycles. The summed E-state index contributed by atoms with van der Waals surface area (Å²) in [5.41, 5.74) is 0. The van der Waals surface area contributed by atoms with E-state index < -0.39 is 0 Å². The van der Waals surface area contributed by atoms with Crippen molar-refractivity contribution in [3.63, 3.8) is 0 Å². The zero-order valence-electron chi connectivity index (χ0n) is 8.76. The third kappa shape index (κ3) is 2.68. The summed E-state index contributed by atoms with van der Waals surface area (Å²) in [5, 5.41) is 3.50. The Balaban J connectivity index is 1.78. The maximum atomic E-state index is 3.50. The van der Waals surface area contributed by atoms with Gasteiger partial charge < -0.3 is 5.32 Å². The molecule has 0 bridgehead atoms. The maximum Gasteiger partial charge on any atom is 0.0221 e. The fourth-order valence-electron chi connectivity index (χ4n) is 2.31. The van der Waals surface area contributed by atoms with Crippen molar-refractivity contribution < 1.29 is 0 Å². The topological polar surface area (TPSA) is 15.3 Å². The number of hydrogen-bond acceptors (Lipinski definition) is 2. The van der Waals surface area contributed by atoms with E-state index in [-0.39, 0.29) is 0 Å². The van der Waals surface area contributed by atoms with Crippen LogP contribution in [-0.4, -0.2) is 37.1 Å². The van der Waals surface area contributed by atoms with Gasteiger partial charge in [0.05, 0.1) is 0 Å². The molecule has 1 atom stereocenters. The summed E-state index contributed by atoms with van der Waals surface area (Å²) >= 11 is 0. The Labute approximate surface area is 81.7 Å². The molecule has 1 aliphatic heterocycles. The fraction of sp³-hybridized carbons (Fsp3) is 1.00. The molecule has 2 heteroatoms. The lowest BCUT2D eigenvalue weighted by Gasteiger charge is -2.33. The SMILES string of the molecule is CCN(CC1CC1)C1CCCNC1. The Morgan fingerprint density at radius 2 is 2.15 bits per heavy atom. The van der Waals surface area contributed by atoms with E-state index in [1.165, 1.54) is 51.9 Å². The summed E-state index contributed by atoms with van der Waals surface area (Å²) in [6.45, 7) is 7.36. The third-order valence-corrected chi connectivity index (χ3v) is 3.38. The summed E-state index contributed by atoms with van der Waals surface area (Å²) < 4.78 is 0. The second-order valence-electron chi connectivity index (χ2n) is 4.53. The number of hydrogen-bond donors (Lipinski definition) is 1. The van der Waals surface area contributed by atoms with Gasteiger partial charge in [0.1, 0.15) is 0 Å². The maximum absolute atomic E-state index is 3.50. The Morgan fingerprint density at radius 3 is 2.69 bits per heavy atom. The van der Waals surface area contributed by atoms with E-state index >= 15 is 0 Å². The molecule has 76 valence electrons. The van der Waals surface area contributed by atoms with Crippen LogP contribution in [0, 0.1) is 5.92 Å². The van der Waals surface area contributed by atoms with Crippen molar-refractivity contribution in [3.05, 3.63) is 0 Å². The van der Waals surface area contributed by atoms with Crippen molar-refractivity contribution in [2.75, 3.05) is 26.2 Å².